The second-order valence-electron chi connectivity index (χ2n) is 10.2. The SMILES string of the molecule is Clc1ccc(-c2ccc3c(c2)Sc2ccccc2C32c3ccccc3-c3ccccc32)c(-c2ccccc2)c1. The summed E-state index contributed by atoms with van der Waals surface area (Å²) >= 11 is 8.38. The monoisotopic (exact) mass is 534 g/mol. The molecule has 0 N–H and O–H groups in total. The van der Waals surface area contributed by atoms with Crippen LogP contribution in [0.2, 0.25) is 5.02 Å². The van der Waals surface area contributed by atoms with E-state index in [1.165, 1.54) is 59.9 Å². The molecule has 0 nitrogen and oxygen atoms in total. The maximum absolute atomic E-state index is 6.50. The van der Waals surface area contributed by atoms with Gasteiger partial charge >= 0.3 is 0 Å². The zero-order valence-electron chi connectivity index (χ0n) is 21.1. The number of benzene rings is 6. The van der Waals surface area contributed by atoms with E-state index in [0.29, 0.717) is 0 Å². The molecule has 6 aromatic rings. The molecular formula is C37H23ClS. The van der Waals surface area contributed by atoms with Gasteiger partial charge in [-0.2, -0.15) is 0 Å². The van der Waals surface area contributed by atoms with Crippen molar-refractivity contribution < 1.29 is 0 Å². The number of hydrogen-bond donors (Lipinski definition) is 0. The quantitative estimate of drug-likeness (QED) is 0.212. The van der Waals surface area contributed by atoms with E-state index in [2.05, 4.69) is 133 Å². The van der Waals surface area contributed by atoms with E-state index in [1.54, 1.807) is 0 Å². The van der Waals surface area contributed by atoms with E-state index in [0.717, 1.165) is 10.6 Å². The van der Waals surface area contributed by atoms with Gasteiger partial charge in [-0.3, -0.25) is 0 Å². The minimum Gasteiger partial charge on any atom is -0.0894 e. The first-order valence-corrected chi connectivity index (χ1v) is 14.4. The van der Waals surface area contributed by atoms with Crippen molar-refractivity contribution in [3.05, 3.63) is 167 Å². The Morgan fingerprint density at radius 3 is 1.77 bits per heavy atom. The number of halogens is 1. The molecule has 0 aromatic heterocycles. The summed E-state index contributed by atoms with van der Waals surface area (Å²) in [5.74, 6) is 0. The molecular weight excluding hydrogens is 512 g/mol. The average Bonchev–Trinajstić information content (AvgIpc) is 3.28. The predicted molar refractivity (Wildman–Crippen MR) is 164 cm³/mol. The number of rotatable bonds is 2. The highest BCUT2D eigenvalue weighted by Crippen LogP contribution is 2.62. The summed E-state index contributed by atoms with van der Waals surface area (Å²) in [6, 6.07) is 50.7. The minimum absolute atomic E-state index is 0.342. The van der Waals surface area contributed by atoms with Gasteiger partial charge in [-0.1, -0.05) is 139 Å². The first kappa shape index (κ1) is 22.9. The fraction of sp³-hybridized carbons (Fsp3) is 0.0270. The van der Waals surface area contributed by atoms with E-state index >= 15 is 0 Å². The van der Waals surface area contributed by atoms with Gasteiger partial charge in [-0.15, -0.1) is 0 Å². The molecule has 1 aliphatic heterocycles. The van der Waals surface area contributed by atoms with Crippen molar-refractivity contribution in [3.63, 3.8) is 0 Å². The van der Waals surface area contributed by atoms with Gasteiger partial charge in [0.2, 0.25) is 0 Å². The van der Waals surface area contributed by atoms with Gasteiger partial charge < -0.3 is 0 Å². The zero-order valence-corrected chi connectivity index (χ0v) is 22.6. The summed E-state index contributed by atoms with van der Waals surface area (Å²) in [7, 11) is 0. The molecule has 0 atom stereocenters. The van der Waals surface area contributed by atoms with Gasteiger partial charge in [-0.25, -0.2) is 0 Å². The average molecular weight is 535 g/mol. The molecule has 0 unspecified atom stereocenters. The molecule has 39 heavy (non-hydrogen) atoms. The van der Waals surface area contributed by atoms with E-state index in [9.17, 15) is 0 Å². The summed E-state index contributed by atoms with van der Waals surface area (Å²) < 4.78 is 0. The highest BCUT2D eigenvalue weighted by molar-refractivity contribution is 7.99. The van der Waals surface area contributed by atoms with E-state index in [4.69, 9.17) is 11.6 Å². The van der Waals surface area contributed by atoms with Gasteiger partial charge in [0.15, 0.2) is 0 Å². The van der Waals surface area contributed by atoms with Crippen molar-refractivity contribution in [1.29, 1.82) is 0 Å². The lowest BCUT2D eigenvalue weighted by Gasteiger charge is -2.39. The van der Waals surface area contributed by atoms with Crippen LogP contribution in [0, 0.1) is 0 Å². The van der Waals surface area contributed by atoms with Crippen molar-refractivity contribution in [1.82, 2.24) is 0 Å². The van der Waals surface area contributed by atoms with Crippen LogP contribution in [0.4, 0.5) is 0 Å². The third-order valence-corrected chi connectivity index (χ3v) is 9.60. The fourth-order valence-electron chi connectivity index (χ4n) is 6.65. The van der Waals surface area contributed by atoms with Crippen molar-refractivity contribution >= 4 is 23.4 Å². The Labute approximate surface area is 237 Å². The number of hydrogen-bond acceptors (Lipinski definition) is 1. The Morgan fingerprint density at radius 1 is 0.410 bits per heavy atom. The molecule has 0 amide bonds. The molecule has 1 spiro atoms. The van der Waals surface area contributed by atoms with Gasteiger partial charge in [0.05, 0.1) is 5.41 Å². The third kappa shape index (κ3) is 3.27. The van der Waals surface area contributed by atoms with Crippen LogP contribution in [0.5, 0.6) is 0 Å². The maximum atomic E-state index is 6.50. The molecule has 2 aliphatic rings. The van der Waals surface area contributed by atoms with Crippen molar-refractivity contribution in [3.8, 4) is 33.4 Å². The largest absolute Gasteiger partial charge is 0.0894 e. The van der Waals surface area contributed by atoms with Crippen molar-refractivity contribution in [2.24, 2.45) is 0 Å². The van der Waals surface area contributed by atoms with E-state index < -0.39 is 0 Å². The van der Waals surface area contributed by atoms with Gasteiger partial charge in [0.25, 0.3) is 0 Å². The van der Waals surface area contributed by atoms with Crippen LogP contribution < -0.4 is 0 Å². The van der Waals surface area contributed by atoms with Crippen LogP contribution >= 0.6 is 23.4 Å². The second-order valence-corrected chi connectivity index (χ2v) is 11.7. The van der Waals surface area contributed by atoms with Crippen LogP contribution in [0.1, 0.15) is 22.3 Å². The Balaban J connectivity index is 1.41. The fourth-order valence-corrected chi connectivity index (χ4v) is 8.06. The highest BCUT2D eigenvalue weighted by atomic mass is 35.5. The molecule has 8 rings (SSSR count). The van der Waals surface area contributed by atoms with E-state index in [1.807, 2.05) is 17.8 Å². The molecule has 2 heteroatoms. The molecule has 0 saturated heterocycles. The van der Waals surface area contributed by atoms with Crippen molar-refractivity contribution in [2.75, 3.05) is 0 Å². The lowest BCUT2D eigenvalue weighted by molar-refractivity contribution is 0.722. The smallest absolute Gasteiger partial charge is 0.0735 e. The molecule has 6 aromatic carbocycles. The molecule has 184 valence electrons. The van der Waals surface area contributed by atoms with Crippen LogP contribution in [0.15, 0.2) is 149 Å². The molecule has 0 bridgehead atoms. The Bertz CT molecular complexity index is 1860. The zero-order chi connectivity index (χ0) is 26.0. The standard InChI is InChI=1S/C37H23ClS/c38-26-19-20-27(30(23-26)24-10-2-1-3-11-24)25-18-21-34-36(22-25)39-35-17-9-8-16-33(35)37(34)31-14-6-4-12-28(31)29-13-5-7-15-32(29)37/h1-23H. The minimum atomic E-state index is -0.342. The molecule has 0 saturated carbocycles. The van der Waals surface area contributed by atoms with Crippen molar-refractivity contribution in [2.45, 2.75) is 15.2 Å². The summed E-state index contributed by atoms with van der Waals surface area (Å²) in [5.41, 5.74) is 12.5. The lowest BCUT2D eigenvalue weighted by Crippen LogP contribution is -2.31. The topological polar surface area (TPSA) is 0 Å². The number of fused-ring (bicyclic) bond motifs is 9. The predicted octanol–water partition coefficient (Wildman–Crippen LogP) is 10.5. The summed E-state index contributed by atoms with van der Waals surface area (Å²) in [5, 5.41) is 0.747. The molecule has 0 radical (unpaired) electrons. The molecule has 1 aliphatic carbocycles. The van der Waals surface area contributed by atoms with E-state index in [-0.39, 0.29) is 5.41 Å². The normalized spacial score (nSPS) is 13.9. The highest BCUT2D eigenvalue weighted by Gasteiger charge is 2.49. The molecule has 1 heterocycles. The van der Waals surface area contributed by atoms with Crippen LogP contribution in [-0.2, 0) is 5.41 Å². The first-order valence-electron chi connectivity index (χ1n) is 13.2. The third-order valence-electron chi connectivity index (χ3n) is 8.23. The Hall–Kier alpha value is -4.04. The molecule has 0 fully saturated rings. The maximum Gasteiger partial charge on any atom is 0.0735 e. The van der Waals surface area contributed by atoms with Gasteiger partial charge in [-0.05, 0) is 79.9 Å². The van der Waals surface area contributed by atoms with Gasteiger partial charge in [0, 0.05) is 14.8 Å². The van der Waals surface area contributed by atoms with Crippen LogP contribution in [0.25, 0.3) is 33.4 Å². The lowest BCUT2D eigenvalue weighted by atomic mass is 9.67. The summed E-state index contributed by atoms with van der Waals surface area (Å²) in [6.07, 6.45) is 0. The summed E-state index contributed by atoms with van der Waals surface area (Å²) in [6.45, 7) is 0. The van der Waals surface area contributed by atoms with Crippen LogP contribution in [-0.4, -0.2) is 0 Å². The Morgan fingerprint density at radius 2 is 1.03 bits per heavy atom. The Kier molecular flexibility index (Phi) is 5.13. The van der Waals surface area contributed by atoms with Crippen LogP contribution in [0.3, 0.4) is 0 Å². The summed E-state index contributed by atoms with van der Waals surface area (Å²) in [4.78, 5) is 2.61. The van der Waals surface area contributed by atoms with Gasteiger partial charge in [0.1, 0.15) is 0 Å². The first-order chi connectivity index (χ1) is 19.2. The second kappa shape index (κ2) is 8.74.